The third kappa shape index (κ3) is 5.45. The quantitative estimate of drug-likeness (QED) is 0.295. The molecular formula is C26H33Cl3SiTi. The molecule has 1 aliphatic rings. The van der Waals surface area contributed by atoms with E-state index in [1.165, 1.54) is 44.2 Å². The number of hydrogen-bond donors (Lipinski definition) is 0. The molecule has 0 heterocycles. The molecule has 5 heteroatoms. The molecule has 0 amide bonds. The summed E-state index contributed by atoms with van der Waals surface area (Å²) in [5.74, 6) is 0. The maximum Gasteiger partial charge on any atom is 4.00 e. The minimum atomic E-state index is -2.17. The zero-order valence-corrected chi connectivity index (χ0v) is 24.9. The first kappa shape index (κ1) is 32.9. The average Bonchev–Trinajstić information content (AvgIpc) is 2.79. The van der Waals surface area contributed by atoms with E-state index in [0.717, 1.165) is 0 Å². The fourth-order valence-corrected chi connectivity index (χ4v) is 10.2. The van der Waals surface area contributed by atoms with Crippen molar-refractivity contribution < 1.29 is 58.9 Å². The van der Waals surface area contributed by atoms with E-state index in [-0.39, 0.29) is 64.0 Å². The van der Waals surface area contributed by atoms with Crippen LogP contribution in [0.25, 0.3) is 0 Å². The number of halogens is 3. The Labute approximate surface area is 224 Å². The predicted molar refractivity (Wildman–Crippen MR) is 122 cm³/mol. The second-order valence-electron chi connectivity index (χ2n) is 8.94. The van der Waals surface area contributed by atoms with Crippen LogP contribution in [0, 0.1) is 33.8 Å². The monoisotopic (exact) mass is 526 g/mol. The molecule has 1 aliphatic carbocycles. The van der Waals surface area contributed by atoms with Gasteiger partial charge < -0.3 is 37.2 Å². The Hall–Kier alpha value is -0.279. The largest absolute Gasteiger partial charge is 4.00 e. The van der Waals surface area contributed by atoms with Crippen molar-refractivity contribution in [3.05, 3.63) is 81.4 Å². The van der Waals surface area contributed by atoms with Crippen molar-refractivity contribution in [2.24, 2.45) is 0 Å². The van der Waals surface area contributed by atoms with Crippen molar-refractivity contribution in [2.75, 3.05) is 0 Å². The molecule has 0 fully saturated rings. The first-order valence-electron chi connectivity index (χ1n) is 9.97. The van der Waals surface area contributed by atoms with E-state index in [2.05, 4.69) is 104 Å². The summed E-state index contributed by atoms with van der Waals surface area (Å²) in [6, 6.07) is 14.2. The molecule has 0 nitrogen and oxygen atoms in total. The first-order valence-corrected chi connectivity index (χ1v) is 12.5. The Morgan fingerprint density at radius 1 is 0.742 bits per heavy atom. The standard InChI is InChI=1S/C26H33Si.3ClH.Ti/c1-17-10-11-20(4)25(15-17)27(9,24-13-18(2)12-19(3)14-24)26(8)16-21(5)22(6)23(26)7;;;;/h10-15H,1-9H3;3*1H;/q-1;;;;+4/p-3. The molecule has 0 aromatic heterocycles. The third-order valence-corrected chi connectivity index (χ3v) is 12.6. The predicted octanol–water partition coefficient (Wildman–Crippen LogP) is -3.02. The average molecular weight is 528 g/mol. The second-order valence-corrected chi connectivity index (χ2v) is 13.3. The number of benzene rings is 2. The van der Waals surface area contributed by atoms with Crippen molar-refractivity contribution in [3.8, 4) is 0 Å². The normalized spacial score (nSPS) is 19.2. The van der Waals surface area contributed by atoms with Gasteiger partial charge in [0.05, 0.1) is 0 Å². The van der Waals surface area contributed by atoms with E-state index in [4.69, 9.17) is 0 Å². The molecule has 2 aromatic rings. The van der Waals surface area contributed by atoms with Gasteiger partial charge in [0.15, 0.2) is 0 Å². The molecule has 0 N–H and O–H groups in total. The summed E-state index contributed by atoms with van der Waals surface area (Å²) in [5, 5.41) is 3.02. The fourth-order valence-electron chi connectivity index (χ4n) is 4.97. The van der Waals surface area contributed by atoms with Gasteiger partial charge in [-0.2, -0.15) is 11.1 Å². The zero-order chi connectivity index (χ0) is 20.1. The van der Waals surface area contributed by atoms with Crippen molar-refractivity contribution in [2.45, 2.75) is 67.0 Å². The van der Waals surface area contributed by atoms with Crippen LogP contribution in [0.1, 0.15) is 49.9 Å². The molecule has 0 aliphatic heterocycles. The first-order chi connectivity index (χ1) is 12.5. The van der Waals surface area contributed by atoms with Crippen LogP contribution in [0.5, 0.6) is 0 Å². The van der Waals surface area contributed by atoms with Crippen LogP contribution in [0.2, 0.25) is 11.6 Å². The minimum absolute atomic E-state index is 0. The van der Waals surface area contributed by atoms with Crippen molar-refractivity contribution in [1.29, 1.82) is 0 Å². The molecule has 0 radical (unpaired) electrons. The van der Waals surface area contributed by atoms with Gasteiger partial charge >= 0.3 is 21.7 Å². The van der Waals surface area contributed by atoms with E-state index in [1.54, 1.807) is 5.19 Å². The number of aryl methyl sites for hydroxylation is 4. The summed E-state index contributed by atoms with van der Waals surface area (Å²) in [6.45, 7) is 20.8. The minimum Gasteiger partial charge on any atom is -1.00 e. The van der Waals surface area contributed by atoms with Crippen LogP contribution in [-0.2, 0) is 21.7 Å². The van der Waals surface area contributed by atoms with Gasteiger partial charge in [-0.3, -0.25) is 6.08 Å². The van der Waals surface area contributed by atoms with Crippen molar-refractivity contribution in [3.63, 3.8) is 0 Å². The van der Waals surface area contributed by atoms with Gasteiger partial charge in [0.1, 0.15) is 8.07 Å². The molecule has 2 aromatic carbocycles. The van der Waals surface area contributed by atoms with Gasteiger partial charge in [-0.05, 0) is 27.7 Å². The zero-order valence-electron chi connectivity index (χ0n) is 20.1. The number of allylic oxidation sites excluding steroid dienone is 4. The smallest absolute Gasteiger partial charge is 1.00 e. The van der Waals surface area contributed by atoms with E-state index < -0.39 is 8.07 Å². The van der Waals surface area contributed by atoms with Gasteiger partial charge in [0, 0.05) is 0 Å². The van der Waals surface area contributed by atoms with Crippen LogP contribution in [0.15, 0.2) is 53.1 Å². The Kier molecular flexibility index (Phi) is 12.4. The molecular weight excluding hydrogens is 495 g/mol. The topological polar surface area (TPSA) is 0 Å². The van der Waals surface area contributed by atoms with Gasteiger partial charge in [0.25, 0.3) is 0 Å². The summed E-state index contributed by atoms with van der Waals surface area (Å²) in [4.78, 5) is 0. The second kappa shape index (κ2) is 11.7. The SMILES string of the molecule is CC1=[C-]C(C)([Si](C)(c2cc(C)cc(C)c2)c2cc(C)ccc2C)C(C)=C1C.[Cl-].[Cl-].[Cl-].[Ti+4]. The molecule has 166 valence electrons. The van der Waals surface area contributed by atoms with E-state index in [1.807, 2.05) is 0 Å². The summed E-state index contributed by atoms with van der Waals surface area (Å²) < 4.78 is 0. The molecule has 3 rings (SSSR count). The van der Waals surface area contributed by atoms with Crippen LogP contribution in [-0.4, -0.2) is 8.07 Å². The fraction of sp³-hybridized carbons (Fsp3) is 0.385. The Morgan fingerprint density at radius 2 is 1.26 bits per heavy atom. The van der Waals surface area contributed by atoms with Crippen LogP contribution < -0.4 is 47.6 Å². The van der Waals surface area contributed by atoms with E-state index in [0.29, 0.717) is 0 Å². The summed E-state index contributed by atoms with van der Waals surface area (Å²) in [5.41, 5.74) is 9.71. The Morgan fingerprint density at radius 3 is 1.71 bits per heavy atom. The molecule has 0 spiro atoms. The molecule has 0 saturated heterocycles. The van der Waals surface area contributed by atoms with Crippen molar-refractivity contribution >= 4 is 18.4 Å². The molecule has 0 saturated carbocycles. The summed E-state index contributed by atoms with van der Waals surface area (Å²) in [7, 11) is -2.17. The van der Waals surface area contributed by atoms with Crippen molar-refractivity contribution in [1.82, 2.24) is 0 Å². The molecule has 31 heavy (non-hydrogen) atoms. The van der Waals surface area contributed by atoms with Gasteiger partial charge in [-0.25, -0.2) is 5.57 Å². The number of hydrogen-bond acceptors (Lipinski definition) is 0. The molecule has 2 unspecified atom stereocenters. The van der Waals surface area contributed by atoms with Gasteiger partial charge in [0.2, 0.25) is 0 Å². The van der Waals surface area contributed by atoms with Crippen LogP contribution in [0.4, 0.5) is 0 Å². The molecule has 2 atom stereocenters. The summed E-state index contributed by atoms with van der Waals surface area (Å²) in [6.07, 6.45) is 3.96. The number of rotatable bonds is 3. The van der Waals surface area contributed by atoms with Gasteiger partial charge in [-0.1, -0.05) is 101 Å². The van der Waals surface area contributed by atoms with E-state index in [9.17, 15) is 0 Å². The van der Waals surface area contributed by atoms with Crippen LogP contribution >= 0.6 is 0 Å². The maximum absolute atomic E-state index is 3.96. The Bertz CT molecular complexity index is 976. The van der Waals surface area contributed by atoms with Gasteiger partial charge in [-0.15, -0.1) is 6.92 Å². The van der Waals surface area contributed by atoms with E-state index >= 15 is 0 Å². The van der Waals surface area contributed by atoms with Crippen LogP contribution in [0.3, 0.4) is 0 Å². The maximum atomic E-state index is 3.96. The summed E-state index contributed by atoms with van der Waals surface area (Å²) >= 11 is 0. The molecule has 0 bridgehead atoms. The Balaban J connectivity index is 0. The third-order valence-electron chi connectivity index (χ3n) is 7.04.